The van der Waals surface area contributed by atoms with Gasteiger partial charge in [-0.15, -0.1) is 0 Å². The molecule has 0 unspecified atom stereocenters. The maximum atomic E-state index is 12.6. The molecular formula is C16H21N3O4S. The number of oxazole rings is 1. The summed E-state index contributed by atoms with van der Waals surface area (Å²) in [7, 11) is -3.63. The lowest BCUT2D eigenvalue weighted by Crippen LogP contribution is -2.49. The summed E-state index contributed by atoms with van der Waals surface area (Å²) in [5.41, 5.74) is 1.85. The quantitative estimate of drug-likeness (QED) is 0.915. The van der Waals surface area contributed by atoms with E-state index in [1.807, 2.05) is 13.8 Å². The molecule has 1 aromatic carbocycles. The molecule has 8 heteroatoms. The summed E-state index contributed by atoms with van der Waals surface area (Å²) in [5, 5.41) is 0. The summed E-state index contributed by atoms with van der Waals surface area (Å²) in [6.45, 7) is 4.43. The Balaban J connectivity index is 1.56. The van der Waals surface area contributed by atoms with Gasteiger partial charge in [0.25, 0.3) is 0 Å². The standard InChI is InChI=1S/C16H21N3O4S/c1-10-8-19(9-11(2)22-10)24(20,21)18-13-5-6-14-15(7-13)23-16(17-14)12-3-4-12/h5-7,10-12,18H,3-4,8-9H2,1-2H3/t10-,11-/m0/s1. The molecule has 1 aliphatic heterocycles. The molecule has 130 valence electrons. The van der Waals surface area contributed by atoms with Crippen molar-refractivity contribution in [3.8, 4) is 0 Å². The van der Waals surface area contributed by atoms with E-state index in [1.165, 1.54) is 4.31 Å². The van der Waals surface area contributed by atoms with Crippen LogP contribution in [0.5, 0.6) is 0 Å². The SMILES string of the molecule is C[C@H]1CN(S(=O)(=O)Nc2ccc3nc(C4CC4)oc3c2)C[C@H](C)O1. The topological polar surface area (TPSA) is 84.7 Å². The van der Waals surface area contributed by atoms with Crippen LogP contribution in [0.4, 0.5) is 5.69 Å². The Hall–Kier alpha value is -1.64. The molecule has 2 atom stereocenters. The molecule has 1 saturated carbocycles. The molecule has 0 spiro atoms. The van der Waals surface area contributed by atoms with Gasteiger partial charge in [0.05, 0.1) is 17.9 Å². The molecule has 2 aliphatic rings. The normalized spacial score (nSPS) is 25.9. The first-order valence-electron chi connectivity index (χ1n) is 8.24. The average Bonchev–Trinajstić information content (AvgIpc) is 3.26. The van der Waals surface area contributed by atoms with Crippen molar-refractivity contribution in [3.63, 3.8) is 0 Å². The smallest absolute Gasteiger partial charge is 0.301 e. The van der Waals surface area contributed by atoms with Crippen LogP contribution in [0.3, 0.4) is 0 Å². The van der Waals surface area contributed by atoms with Crippen molar-refractivity contribution in [1.29, 1.82) is 0 Å². The van der Waals surface area contributed by atoms with Gasteiger partial charge < -0.3 is 9.15 Å². The van der Waals surface area contributed by atoms with Gasteiger partial charge in [-0.1, -0.05) is 0 Å². The molecule has 0 radical (unpaired) electrons. The fourth-order valence-electron chi connectivity index (χ4n) is 3.05. The molecule has 4 rings (SSSR count). The number of fused-ring (bicyclic) bond motifs is 1. The van der Waals surface area contributed by atoms with E-state index in [4.69, 9.17) is 9.15 Å². The fraction of sp³-hybridized carbons (Fsp3) is 0.562. The highest BCUT2D eigenvalue weighted by atomic mass is 32.2. The third-order valence-electron chi connectivity index (χ3n) is 4.30. The van der Waals surface area contributed by atoms with E-state index in [0.717, 1.165) is 24.2 Å². The van der Waals surface area contributed by atoms with Gasteiger partial charge in [0, 0.05) is 25.1 Å². The fourth-order valence-corrected chi connectivity index (χ4v) is 4.42. The summed E-state index contributed by atoms with van der Waals surface area (Å²) < 4.78 is 40.6. The van der Waals surface area contributed by atoms with Crippen LogP contribution in [-0.2, 0) is 14.9 Å². The molecule has 2 fully saturated rings. The second-order valence-electron chi connectivity index (χ2n) is 6.69. The maximum absolute atomic E-state index is 12.6. The maximum Gasteiger partial charge on any atom is 0.301 e. The van der Waals surface area contributed by atoms with Gasteiger partial charge in [-0.3, -0.25) is 4.72 Å². The largest absolute Gasteiger partial charge is 0.440 e. The van der Waals surface area contributed by atoms with Crippen LogP contribution in [0, 0.1) is 0 Å². The van der Waals surface area contributed by atoms with E-state index >= 15 is 0 Å². The second kappa shape index (κ2) is 5.72. The van der Waals surface area contributed by atoms with Crippen LogP contribution in [0.1, 0.15) is 38.5 Å². The van der Waals surface area contributed by atoms with Crippen LogP contribution in [0.25, 0.3) is 11.1 Å². The predicted octanol–water partition coefficient (Wildman–Crippen LogP) is 2.47. The molecular weight excluding hydrogens is 330 g/mol. The molecule has 1 aromatic heterocycles. The second-order valence-corrected chi connectivity index (χ2v) is 8.36. The van der Waals surface area contributed by atoms with E-state index < -0.39 is 10.2 Å². The number of morpholine rings is 1. The molecule has 7 nitrogen and oxygen atoms in total. The first kappa shape index (κ1) is 15.9. The van der Waals surface area contributed by atoms with Gasteiger partial charge >= 0.3 is 10.2 Å². The van der Waals surface area contributed by atoms with Crippen molar-refractivity contribution < 1.29 is 17.6 Å². The minimum atomic E-state index is -3.63. The Kier molecular flexibility index (Phi) is 3.78. The Morgan fingerprint density at radius 2 is 1.92 bits per heavy atom. The third-order valence-corrected chi connectivity index (χ3v) is 5.78. The van der Waals surface area contributed by atoms with Crippen molar-refractivity contribution in [2.45, 2.75) is 44.8 Å². The minimum Gasteiger partial charge on any atom is -0.440 e. The van der Waals surface area contributed by atoms with E-state index in [2.05, 4.69) is 9.71 Å². The van der Waals surface area contributed by atoms with E-state index in [9.17, 15) is 8.42 Å². The predicted molar refractivity (Wildman–Crippen MR) is 90.1 cm³/mol. The average molecular weight is 351 g/mol. The van der Waals surface area contributed by atoms with Crippen LogP contribution < -0.4 is 4.72 Å². The van der Waals surface area contributed by atoms with Gasteiger partial charge in [-0.2, -0.15) is 12.7 Å². The number of aromatic nitrogens is 1. The summed E-state index contributed by atoms with van der Waals surface area (Å²) in [6.07, 6.45) is 1.98. The summed E-state index contributed by atoms with van der Waals surface area (Å²) in [5.74, 6) is 1.18. The van der Waals surface area contributed by atoms with Crippen molar-refractivity contribution >= 4 is 27.0 Å². The Labute approximate surface area is 141 Å². The van der Waals surface area contributed by atoms with Crippen molar-refractivity contribution in [1.82, 2.24) is 9.29 Å². The number of rotatable bonds is 4. The number of hydrogen-bond donors (Lipinski definition) is 1. The Morgan fingerprint density at radius 1 is 1.21 bits per heavy atom. The van der Waals surface area contributed by atoms with Crippen molar-refractivity contribution in [2.24, 2.45) is 0 Å². The molecule has 2 heterocycles. The first-order valence-corrected chi connectivity index (χ1v) is 9.68. The molecule has 1 saturated heterocycles. The highest BCUT2D eigenvalue weighted by Crippen LogP contribution is 2.40. The van der Waals surface area contributed by atoms with E-state index in [0.29, 0.717) is 30.3 Å². The third kappa shape index (κ3) is 3.13. The summed E-state index contributed by atoms with van der Waals surface area (Å²) >= 11 is 0. The molecule has 1 aliphatic carbocycles. The van der Waals surface area contributed by atoms with Gasteiger partial charge in [-0.25, -0.2) is 4.98 Å². The zero-order valence-electron chi connectivity index (χ0n) is 13.7. The lowest BCUT2D eigenvalue weighted by atomic mass is 10.3. The Morgan fingerprint density at radius 3 is 2.58 bits per heavy atom. The van der Waals surface area contributed by atoms with Crippen molar-refractivity contribution in [2.75, 3.05) is 17.8 Å². The molecule has 0 amide bonds. The number of ether oxygens (including phenoxy) is 1. The van der Waals surface area contributed by atoms with Gasteiger partial charge in [0.15, 0.2) is 11.5 Å². The summed E-state index contributed by atoms with van der Waals surface area (Å²) in [6, 6.07) is 5.19. The van der Waals surface area contributed by atoms with E-state index in [-0.39, 0.29) is 12.2 Å². The lowest BCUT2D eigenvalue weighted by Gasteiger charge is -2.34. The molecule has 1 N–H and O–H groups in total. The number of nitrogens with zero attached hydrogens (tertiary/aromatic N) is 2. The molecule has 2 aromatic rings. The molecule has 24 heavy (non-hydrogen) atoms. The monoisotopic (exact) mass is 351 g/mol. The number of anilines is 1. The highest BCUT2D eigenvalue weighted by molar-refractivity contribution is 7.90. The van der Waals surface area contributed by atoms with Crippen LogP contribution in [0.2, 0.25) is 0 Å². The van der Waals surface area contributed by atoms with Crippen molar-refractivity contribution in [3.05, 3.63) is 24.1 Å². The van der Waals surface area contributed by atoms with Crippen LogP contribution in [0.15, 0.2) is 22.6 Å². The molecule has 0 bridgehead atoms. The van der Waals surface area contributed by atoms with E-state index in [1.54, 1.807) is 18.2 Å². The Bertz CT molecular complexity index is 849. The lowest BCUT2D eigenvalue weighted by molar-refractivity contribution is -0.0439. The summed E-state index contributed by atoms with van der Waals surface area (Å²) in [4.78, 5) is 4.45. The number of hydrogen-bond acceptors (Lipinski definition) is 5. The van der Waals surface area contributed by atoms with Gasteiger partial charge in [0.2, 0.25) is 0 Å². The van der Waals surface area contributed by atoms with Crippen LogP contribution >= 0.6 is 0 Å². The number of nitrogens with one attached hydrogen (secondary N) is 1. The zero-order valence-corrected chi connectivity index (χ0v) is 14.5. The van der Waals surface area contributed by atoms with Gasteiger partial charge in [0.1, 0.15) is 5.52 Å². The number of benzene rings is 1. The zero-order chi connectivity index (χ0) is 16.9. The minimum absolute atomic E-state index is 0.122. The first-order chi connectivity index (χ1) is 11.4. The van der Waals surface area contributed by atoms with Gasteiger partial charge in [-0.05, 0) is 38.8 Å². The highest BCUT2D eigenvalue weighted by Gasteiger charge is 2.31. The van der Waals surface area contributed by atoms with Crippen LogP contribution in [-0.4, -0.2) is 43.0 Å².